The van der Waals surface area contributed by atoms with Crippen molar-refractivity contribution in [2.24, 2.45) is 0 Å². The van der Waals surface area contributed by atoms with Crippen molar-refractivity contribution < 1.29 is 14.5 Å². The van der Waals surface area contributed by atoms with E-state index in [0.29, 0.717) is 0 Å². The van der Waals surface area contributed by atoms with Crippen molar-refractivity contribution in [1.29, 1.82) is 5.26 Å². The van der Waals surface area contributed by atoms with E-state index < -0.39 is 17.0 Å². The van der Waals surface area contributed by atoms with E-state index >= 15 is 0 Å². The van der Waals surface area contributed by atoms with Crippen molar-refractivity contribution in [3.05, 3.63) is 40.8 Å². The van der Waals surface area contributed by atoms with E-state index in [1.807, 2.05) is 6.07 Å². The number of carbonyl (C=O) groups excluding carboxylic acids is 2. The molecule has 25 heavy (non-hydrogen) atoms. The highest BCUT2D eigenvalue weighted by Gasteiger charge is 2.20. The normalized spacial score (nSPS) is 10.1. The third-order valence-corrected chi connectivity index (χ3v) is 3.40. The molecule has 2 heterocycles. The van der Waals surface area contributed by atoms with Gasteiger partial charge in [0.15, 0.2) is 5.82 Å². The maximum absolute atomic E-state index is 12.3. The lowest BCUT2D eigenvalue weighted by Gasteiger charge is -2.16. The van der Waals surface area contributed by atoms with Crippen LogP contribution >= 0.6 is 0 Å². The number of hydrogen-bond acceptors (Lipinski definition) is 6. The molecular weight excluding hydrogens is 330 g/mol. The van der Waals surface area contributed by atoms with E-state index in [1.54, 1.807) is 0 Å². The van der Waals surface area contributed by atoms with Gasteiger partial charge < -0.3 is 4.90 Å². The molecule has 2 amide bonds. The lowest BCUT2D eigenvalue weighted by molar-refractivity contribution is -0.384. The van der Waals surface area contributed by atoms with E-state index in [4.69, 9.17) is 5.26 Å². The Bertz CT molecular complexity index is 847. The van der Waals surface area contributed by atoms with Crippen LogP contribution in [0, 0.1) is 21.4 Å². The third-order valence-electron chi connectivity index (χ3n) is 3.40. The van der Waals surface area contributed by atoms with Gasteiger partial charge >= 0.3 is 12.1 Å². The first-order valence-electron chi connectivity index (χ1n) is 7.13. The predicted molar refractivity (Wildman–Crippen MR) is 86.2 cm³/mol. The van der Waals surface area contributed by atoms with Crippen molar-refractivity contribution in [3.8, 4) is 6.07 Å². The molecular formula is C14H15N7O4. The van der Waals surface area contributed by atoms with E-state index in [1.165, 1.54) is 43.5 Å². The first-order chi connectivity index (χ1) is 11.8. The summed E-state index contributed by atoms with van der Waals surface area (Å²) in [7, 11) is 2.97. The molecule has 130 valence electrons. The smallest absolute Gasteiger partial charge is 0.325 e. The standard InChI is InChI=1S/C14H15N7O4/c1-17(7-3-6-15)13(22)20-9-5-12(16-20)18(2)14(23)19-8-4-11(10-19)21(24)25/h4-5,8-10H,3,7H2,1-2H3. The van der Waals surface area contributed by atoms with Gasteiger partial charge in [0, 0.05) is 45.2 Å². The van der Waals surface area contributed by atoms with Crippen LogP contribution in [0.4, 0.5) is 21.1 Å². The van der Waals surface area contributed by atoms with Gasteiger partial charge in [0.25, 0.3) is 5.69 Å². The molecule has 2 aromatic heterocycles. The van der Waals surface area contributed by atoms with Crippen LogP contribution in [-0.4, -0.2) is 56.9 Å². The zero-order valence-electron chi connectivity index (χ0n) is 13.6. The van der Waals surface area contributed by atoms with Crippen molar-refractivity contribution in [2.45, 2.75) is 6.42 Å². The maximum atomic E-state index is 12.3. The summed E-state index contributed by atoms with van der Waals surface area (Å²) in [5.41, 5.74) is -0.207. The summed E-state index contributed by atoms with van der Waals surface area (Å²) in [4.78, 5) is 37.0. The molecule has 2 aromatic rings. The van der Waals surface area contributed by atoms with Crippen LogP contribution in [0.15, 0.2) is 30.7 Å². The van der Waals surface area contributed by atoms with E-state index in [0.717, 1.165) is 20.3 Å². The minimum absolute atomic E-state index is 0.196. The summed E-state index contributed by atoms with van der Waals surface area (Å²) >= 11 is 0. The number of nitro groups is 1. The second-order valence-corrected chi connectivity index (χ2v) is 5.11. The second-order valence-electron chi connectivity index (χ2n) is 5.11. The first-order valence-corrected chi connectivity index (χ1v) is 7.13. The summed E-state index contributed by atoms with van der Waals surface area (Å²) in [6, 6.07) is 3.60. The molecule has 0 radical (unpaired) electrons. The number of amides is 2. The minimum Gasteiger partial charge on any atom is -0.325 e. The highest BCUT2D eigenvalue weighted by molar-refractivity contribution is 5.92. The van der Waals surface area contributed by atoms with Crippen LogP contribution in [-0.2, 0) is 0 Å². The quantitative estimate of drug-likeness (QED) is 0.610. The summed E-state index contributed by atoms with van der Waals surface area (Å²) in [6.07, 6.45) is 3.95. The number of nitrogens with zero attached hydrogens (tertiary/aromatic N) is 7. The predicted octanol–water partition coefficient (Wildman–Crippen LogP) is 1.51. The van der Waals surface area contributed by atoms with Crippen LogP contribution < -0.4 is 4.90 Å². The zero-order valence-corrected chi connectivity index (χ0v) is 13.6. The summed E-state index contributed by atoms with van der Waals surface area (Å²) in [5, 5.41) is 23.3. The Kier molecular flexibility index (Phi) is 5.13. The van der Waals surface area contributed by atoms with Gasteiger partial charge in [-0.3, -0.25) is 19.6 Å². The maximum Gasteiger partial charge on any atom is 0.344 e. The van der Waals surface area contributed by atoms with E-state index in [2.05, 4.69) is 5.10 Å². The van der Waals surface area contributed by atoms with Crippen LogP contribution in [0.1, 0.15) is 6.42 Å². The number of nitriles is 1. The molecule has 0 fully saturated rings. The number of carbonyl (C=O) groups is 2. The topological polar surface area (TPSA) is 130 Å². The Morgan fingerprint density at radius 3 is 2.64 bits per heavy atom. The molecule has 0 unspecified atom stereocenters. The first kappa shape index (κ1) is 17.7. The largest absolute Gasteiger partial charge is 0.344 e. The Labute approximate surface area is 142 Å². The molecule has 11 nitrogen and oxygen atoms in total. The average Bonchev–Trinajstić information content (AvgIpc) is 3.26. The highest BCUT2D eigenvalue weighted by Crippen LogP contribution is 2.15. The second kappa shape index (κ2) is 7.26. The van der Waals surface area contributed by atoms with Gasteiger partial charge in [-0.05, 0) is 0 Å². The lowest BCUT2D eigenvalue weighted by Crippen LogP contribution is -2.33. The molecule has 0 saturated heterocycles. The molecule has 0 aromatic carbocycles. The van der Waals surface area contributed by atoms with E-state index in [-0.39, 0.29) is 24.5 Å². The van der Waals surface area contributed by atoms with Crippen molar-refractivity contribution in [1.82, 2.24) is 19.2 Å². The third kappa shape index (κ3) is 3.81. The fourth-order valence-corrected chi connectivity index (χ4v) is 1.97. The monoisotopic (exact) mass is 345 g/mol. The van der Waals surface area contributed by atoms with Gasteiger partial charge in [0.05, 0.1) is 23.6 Å². The lowest BCUT2D eigenvalue weighted by atomic mass is 10.4. The van der Waals surface area contributed by atoms with Crippen molar-refractivity contribution in [3.63, 3.8) is 0 Å². The van der Waals surface area contributed by atoms with Crippen molar-refractivity contribution in [2.75, 3.05) is 25.5 Å². The average molecular weight is 345 g/mol. The van der Waals surface area contributed by atoms with E-state index in [9.17, 15) is 19.7 Å². The van der Waals surface area contributed by atoms with Crippen molar-refractivity contribution >= 4 is 23.6 Å². The van der Waals surface area contributed by atoms with Gasteiger partial charge in [0.2, 0.25) is 0 Å². The van der Waals surface area contributed by atoms with Crippen LogP contribution in [0.25, 0.3) is 0 Å². The number of anilines is 1. The molecule has 11 heteroatoms. The molecule has 0 aliphatic carbocycles. The van der Waals surface area contributed by atoms with Gasteiger partial charge in [-0.15, -0.1) is 5.10 Å². The number of rotatable bonds is 4. The fraction of sp³-hybridized carbons (Fsp3) is 0.286. The summed E-state index contributed by atoms with van der Waals surface area (Å²) in [5.74, 6) is 0.198. The molecule has 0 bridgehead atoms. The molecule has 0 aliphatic rings. The molecule has 0 saturated carbocycles. The number of aromatic nitrogens is 3. The Morgan fingerprint density at radius 2 is 2.04 bits per heavy atom. The van der Waals surface area contributed by atoms with Crippen LogP contribution in [0.3, 0.4) is 0 Å². The van der Waals surface area contributed by atoms with Gasteiger partial charge in [-0.2, -0.15) is 9.94 Å². The highest BCUT2D eigenvalue weighted by atomic mass is 16.6. The van der Waals surface area contributed by atoms with Crippen LogP contribution in [0.5, 0.6) is 0 Å². The molecule has 0 aliphatic heterocycles. The Balaban J connectivity index is 2.12. The molecule has 0 spiro atoms. The Hall–Kier alpha value is -3.68. The van der Waals surface area contributed by atoms with Gasteiger partial charge in [0.1, 0.15) is 0 Å². The minimum atomic E-state index is -0.603. The van der Waals surface area contributed by atoms with Crippen LogP contribution in [0.2, 0.25) is 0 Å². The zero-order chi connectivity index (χ0) is 18.6. The van der Waals surface area contributed by atoms with Gasteiger partial charge in [-0.25, -0.2) is 9.59 Å². The Morgan fingerprint density at radius 1 is 1.32 bits per heavy atom. The fourth-order valence-electron chi connectivity index (χ4n) is 1.97. The summed E-state index contributed by atoms with van der Waals surface area (Å²) < 4.78 is 2.10. The molecule has 0 N–H and O–H groups in total. The molecule has 2 rings (SSSR count). The van der Waals surface area contributed by atoms with Gasteiger partial charge in [-0.1, -0.05) is 0 Å². The number of hydrogen-bond donors (Lipinski definition) is 0. The summed E-state index contributed by atoms with van der Waals surface area (Å²) in [6.45, 7) is 0.256. The SMILES string of the molecule is CN(CCC#N)C(=O)n1ccc(N(C)C(=O)n2ccc([N+](=O)[O-])c2)n1. The molecule has 0 atom stereocenters.